The van der Waals surface area contributed by atoms with E-state index in [1.54, 1.807) is 18.2 Å². The van der Waals surface area contributed by atoms with Crippen molar-refractivity contribution >= 4 is 23.4 Å². The first-order valence-corrected chi connectivity index (χ1v) is 6.76. The molecule has 5 heteroatoms. The van der Waals surface area contributed by atoms with Crippen molar-refractivity contribution in [3.63, 3.8) is 0 Å². The Morgan fingerprint density at radius 2 is 1.82 bits per heavy atom. The van der Waals surface area contributed by atoms with Crippen molar-refractivity contribution in [2.75, 3.05) is 5.32 Å². The average Bonchev–Trinajstić information content (AvgIpc) is 2.49. The minimum absolute atomic E-state index is 0.0250. The summed E-state index contributed by atoms with van der Waals surface area (Å²) in [4.78, 5) is 22.0. The van der Waals surface area contributed by atoms with Crippen molar-refractivity contribution in [1.29, 1.82) is 0 Å². The Morgan fingerprint density at radius 1 is 1.14 bits per heavy atom. The summed E-state index contributed by atoms with van der Waals surface area (Å²) in [5.41, 5.74) is 3.58. The van der Waals surface area contributed by atoms with Crippen molar-refractivity contribution in [2.45, 2.75) is 13.8 Å². The molecule has 0 spiro atoms. The van der Waals surface area contributed by atoms with Crippen LogP contribution in [0.1, 0.15) is 16.7 Å². The molecule has 0 radical (unpaired) electrons. The van der Waals surface area contributed by atoms with Gasteiger partial charge in [-0.25, -0.2) is 0 Å². The highest BCUT2D eigenvalue weighted by molar-refractivity contribution is 6.02. The predicted molar refractivity (Wildman–Crippen MR) is 86.7 cm³/mol. The Morgan fingerprint density at radius 3 is 2.45 bits per heavy atom. The SMILES string of the molecule is Cc1ccc(C)c(NC(=O)/C=C/c2ccc([N+](=O)[O-])cc2)c1. The van der Waals surface area contributed by atoms with Crippen molar-refractivity contribution in [3.8, 4) is 0 Å². The van der Waals surface area contributed by atoms with E-state index in [4.69, 9.17) is 0 Å². The molecule has 0 bridgehead atoms. The van der Waals surface area contributed by atoms with Gasteiger partial charge in [0.05, 0.1) is 4.92 Å². The molecule has 5 nitrogen and oxygen atoms in total. The van der Waals surface area contributed by atoms with Crippen LogP contribution >= 0.6 is 0 Å². The van der Waals surface area contributed by atoms with Crippen molar-refractivity contribution in [2.24, 2.45) is 0 Å². The normalized spacial score (nSPS) is 10.6. The molecule has 0 aromatic heterocycles. The van der Waals surface area contributed by atoms with Gasteiger partial charge in [-0.2, -0.15) is 0 Å². The summed E-state index contributed by atoms with van der Waals surface area (Å²) in [5.74, 6) is -0.243. The maximum absolute atomic E-state index is 11.9. The Labute approximate surface area is 128 Å². The third kappa shape index (κ3) is 4.02. The number of hydrogen-bond donors (Lipinski definition) is 1. The summed E-state index contributed by atoms with van der Waals surface area (Å²) in [6.07, 6.45) is 3.02. The van der Waals surface area contributed by atoms with Gasteiger partial charge in [0.15, 0.2) is 0 Å². The Bertz CT molecular complexity index is 734. The summed E-state index contributed by atoms with van der Waals surface area (Å²) < 4.78 is 0. The van der Waals surface area contributed by atoms with Gasteiger partial charge in [-0.3, -0.25) is 14.9 Å². The van der Waals surface area contributed by atoms with E-state index in [2.05, 4.69) is 5.32 Å². The highest BCUT2D eigenvalue weighted by Gasteiger charge is 2.04. The lowest BCUT2D eigenvalue weighted by molar-refractivity contribution is -0.384. The highest BCUT2D eigenvalue weighted by Crippen LogP contribution is 2.17. The summed E-state index contributed by atoms with van der Waals surface area (Å²) >= 11 is 0. The lowest BCUT2D eigenvalue weighted by Crippen LogP contribution is -2.09. The van der Waals surface area contributed by atoms with E-state index in [0.29, 0.717) is 0 Å². The van der Waals surface area contributed by atoms with E-state index >= 15 is 0 Å². The Balaban J connectivity index is 2.05. The Kier molecular flexibility index (Phi) is 4.68. The van der Waals surface area contributed by atoms with Crippen LogP contribution in [0, 0.1) is 24.0 Å². The molecule has 2 aromatic rings. The van der Waals surface area contributed by atoms with E-state index in [0.717, 1.165) is 22.4 Å². The second-order valence-corrected chi connectivity index (χ2v) is 4.99. The van der Waals surface area contributed by atoms with E-state index < -0.39 is 4.92 Å². The topological polar surface area (TPSA) is 72.2 Å². The van der Waals surface area contributed by atoms with Crippen LogP contribution in [0.5, 0.6) is 0 Å². The molecule has 0 heterocycles. The van der Waals surface area contributed by atoms with Gasteiger partial charge < -0.3 is 5.32 Å². The number of nitro groups is 1. The van der Waals surface area contributed by atoms with Crippen LogP contribution in [0.25, 0.3) is 6.08 Å². The molecule has 2 rings (SSSR count). The van der Waals surface area contributed by atoms with Gasteiger partial charge in [0, 0.05) is 23.9 Å². The van der Waals surface area contributed by atoms with Crippen molar-refractivity contribution in [1.82, 2.24) is 0 Å². The summed E-state index contributed by atoms with van der Waals surface area (Å²) in [5, 5.41) is 13.4. The second-order valence-electron chi connectivity index (χ2n) is 4.99. The van der Waals surface area contributed by atoms with Gasteiger partial charge in [-0.15, -0.1) is 0 Å². The molecule has 0 fully saturated rings. The fraction of sp³-hybridized carbons (Fsp3) is 0.118. The lowest BCUT2D eigenvalue weighted by atomic mass is 10.1. The predicted octanol–water partition coefficient (Wildman–Crippen LogP) is 3.86. The number of nitrogens with one attached hydrogen (secondary N) is 1. The van der Waals surface area contributed by atoms with Crippen LogP contribution in [-0.4, -0.2) is 10.8 Å². The molecule has 112 valence electrons. The van der Waals surface area contributed by atoms with Crippen LogP contribution in [0.15, 0.2) is 48.5 Å². The number of non-ortho nitro benzene ring substituents is 1. The van der Waals surface area contributed by atoms with E-state index in [9.17, 15) is 14.9 Å². The first-order valence-electron chi connectivity index (χ1n) is 6.76. The van der Waals surface area contributed by atoms with Gasteiger partial charge in [0.1, 0.15) is 0 Å². The van der Waals surface area contributed by atoms with Crippen LogP contribution in [0.4, 0.5) is 11.4 Å². The third-order valence-corrected chi connectivity index (χ3v) is 3.18. The Hall–Kier alpha value is -2.95. The zero-order chi connectivity index (χ0) is 16.1. The zero-order valence-electron chi connectivity index (χ0n) is 12.4. The van der Waals surface area contributed by atoms with Gasteiger partial charge in [0.25, 0.3) is 5.69 Å². The van der Waals surface area contributed by atoms with Gasteiger partial charge >= 0.3 is 0 Å². The number of anilines is 1. The molecular formula is C17H16N2O3. The van der Waals surface area contributed by atoms with E-state index in [1.165, 1.54) is 18.2 Å². The molecule has 2 aromatic carbocycles. The largest absolute Gasteiger partial charge is 0.322 e. The number of aryl methyl sites for hydroxylation is 2. The van der Waals surface area contributed by atoms with Crippen LogP contribution in [0.3, 0.4) is 0 Å². The molecule has 1 amide bonds. The number of nitrogens with zero attached hydrogens (tertiary/aromatic N) is 1. The molecule has 0 aliphatic heterocycles. The molecule has 1 N–H and O–H groups in total. The quantitative estimate of drug-likeness (QED) is 0.529. The fourth-order valence-corrected chi connectivity index (χ4v) is 1.92. The smallest absolute Gasteiger partial charge is 0.269 e. The summed E-state index contributed by atoms with van der Waals surface area (Å²) in [6, 6.07) is 11.8. The lowest BCUT2D eigenvalue weighted by Gasteiger charge is -2.07. The molecule has 0 aliphatic rings. The number of carbonyl (C=O) groups excluding carboxylic acids is 1. The first-order chi connectivity index (χ1) is 10.5. The summed E-state index contributed by atoms with van der Waals surface area (Å²) in [7, 11) is 0. The monoisotopic (exact) mass is 296 g/mol. The van der Waals surface area contributed by atoms with E-state index in [1.807, 2.05) is 32.0 Å². The molecule has 0 unspecified atom stereocenters. The third-order valence-electron chi connectivity index (χ3n) is 3.18. The van der Waals surface area contributed by atoms with Gasteiger partial charge in [0.2, 0.25) is 5.91 Å². The number of hydrogen-bond acceptors (Lipinski definition) is 3. The number of nitro benzene ring substituents is 1. The van der Waals surface area contributed by atoms with Crippen molar-refractivity contribution < 1.29 is 9.72 Å². The fourth-order valence-electron chi connectivity index (χ4n) is 1.92. The number of carbonyl (C=O) groups is 1. The first kappa shape index (κ1) is 15.4. The molecular weight excluding hydrogens is 280 g/mol. The van der Waals surface area contributed by atoms with Gasteiger partial charge in [-0.1, -0.05) is 12.1 Å². The second kappa shape index (κ2) is 6.67. The maximum Gasteiger partial charge on any atom is 0.269 e. The van der Waals surface area contributed by atoms with Crippen molar-refractivity contribution in [3.05, 3.63) is 75.3 Å². The average molecular weight is 296 g/mol. The van der Waals surface area contributed by atoms with Crippen LogP contribution in [-0.2, 0) is 4.79 Å². The highest BCUT2D eigenvalue weighted by atomic mass is 16.6. The minimum Gasteiger partial charge on any atom is -0.322 e. The van der Waals surface area contributed by atoms with Crippen LogP contribution < -0.4 is 5.32 Å². The molecule has 0 aliphatic carbocycles. The zero-order valence-corrected chi connectivity index (χ0v) is 12.4. The maximum atomic E-state index is 11.9. The standard InChI is InChI=1S/C17H16N2O3/c1-12-3-4-13(2)16(11-12)18-17(20)10-7-14-5-8-15(9-6-14)19(21)22/h3-11H,1-2H3,(H,18,20)/b10-7+. The minimum atomic E-state index is -0.458. The molecule has 0 saturated carbocycles. The summed E-state index contributed by atoms with van der Waals surface area (Å²) in [6.45, 7) is 3.89. The number of benzene rings is 2. The number of rotatable bonds is 4. The van der Waals surface area contributed by atoms with Gasteiger partial charge in [-0.05, 0) is 54.8 Å². The molecule has 22 heavy (non-hydrogen) atoms. The number of amides is 1. The molecule has 0 saturated heterocycles. The molecule has 0 atom stereocenters. The van der Waals surface area contributed by atoms with E-state index in [-0.39, 0.29) is 11.6 Å². The van der Waals surface area contributed by atoms with Crippen LogP contribution in [0.2, 0.25) is 0 Å².